The van der Waals surface area contributed by atoms with Crippen LogP contribution in [0.3, 0.4) is 0 Å². The first-order chi connectivity index (χ1) is 16.7. The van der Waals surface area contributed by atoms with Crippen LogP contribution in [0.5, 0.6) is 11.6 Å². The standard InChI is InChI=1S/C24H20F4N4O3/c1-3-34-18-9-7-16(8-10-18)29-20(33)13-35-21-12-19(24(26,27)28)22-14(2)31-32(23(22)30-21)17-6-4-5-15(25)11-17/h4-12H,3,13H2,1-2H3,(H,29,33). The number of ether oxygens (including phenoxy) is 2. The summed E-state index contributed by atoms with van der Waals surface area (Å²) in [5.41, 5.74) is -0.492. The summed E-state index contributed by atoms with van der Waals surface area (Å²) in [6.07, 6.45) is -4.75. The van der Waals surface area contributed by atoms with Crippen molar-refractivity contribution in [2.75, 3.05) is 18.5 Å². The Morgan fingerprint density at radius 3 is 2.49 bits per heavy atom. The first-order valence-electron chi connectivity index (χ1n) is 10.5. The molecule has 1 N–H and O–H groups in total. The molecule has 0 aliphatic heterocycles. The quantitative estimate of drug-likeness (QED) is 0.357. The number of nitrogens with zero attached hydrogens (tertiary/aromatic N) is 3. The van der Waals surface area contributed by atoms with E-state index in [0.717, 1.165) is 16.8 Å². The van der Waals surface area contributed by atoms with Crippen LogP contribution in [0.4, 0.5) is 23.2 Å². The first-order valence-corrected chi connectivity index (χ1v) is 10.5. The van der Waals surface area contributed by atoms with Gasteiger partial charge in [-0.25, -0.2) is 9.07 Å². The van der Waals surface area contributed by atoms with Crippen molar-refractivity contribution >= 4 is 22.6 Å². The summed E-state index contributed by atoms with van der Waals surface area (Å²) in [5.74, 6) is -0.981. The number of anilines is 1. The third kappa shape index (κ3) is 5.34. The Morgan fingerprint density at radius 2 is 1.83 bits per heavy atom. The lowest BCUT2D eigenvalue weighted by molar-refractivity contribution is -0.136. The van der Waals surface area contributed by atoms with E-state index in [2.05, 4.69) is 15.4 Å². The highest BCUT2D eigenvalue weighted by Gasteiger charge is 2.36. The van der Waals surface area contributed by atoms with E-state index in [1.165, 1.54) is 25.1 Å². The van der Waals surface area contributed by atoms with Crippen LogP contribution in [-0.2, 0) is 11.0 Å². The summed E-state index contributed by atoms with van der Waals surface area (Å²) in [6, 6.07) is 12.5. The van der Waals surface area contributed by atoms with Gasteiger partial charge in [-0.2, -0.15) is 23.3 Å². The summed E-state index contributed by atoms with van der Waals surface area (Å²) in [7, 11) is 0. The minimum Gasteiger partial charge on any atom is -0.494 e. The fourth-order valence-electron chi connectivity index (χ4n) is 3.49. The van der Waals surface area contributed by atoms with Crippen LogP contribution in [0, 0.1) is 12.7 Å². The number of aromatic nitrogens is 3. The lowest BCUT2D eigenvalue weighted by Crippen LogP contribution is -2.20. The highest BCUT2D eigenvalue weighted by molar-refractivity contribution is 5.92. The van der Waals surface area contributed by atoms with Crippen LogP contribution in [0.1, 0.15) is 18.2 Å². The average molecular weight is 488 g/mol. The van der Waals surface area contributed by atoms with E-state index < -0.39 is 36.0 Å². The number of halogens is 4. The van der Waals surface area contributed by atoms with Gasteiger partial charge in [0.25, 0.3) is 5.91 Å². The Morgan fingerprint density at radius 1 is 1.09 bits per heavy atom. The van der Waals surface area contributed by atoms with Crippen molar-refractivity contribution in [3.05, 3.63) is 71.7 Å². The summed E-state index contributed by atoms with van der Waals surface area (Å²) in [5, 5.41) is 6.47. The SMILES string of the molecule is CCOc1ccc(NC(=O)COc2cc(C(F)(F)F)c3c(C)nn(-c4cccc(F)c4)c3n2)cc1. The van der Waals surface area contributed by atoms with E-state index in [9.17, 15) is 22.4 Å². The number of nitrogens with one attached hydrogen (secondary N) is 1. The average Bonchev–Trinajstić information content (AvgIpc) is 3.14. The predicted molar refractivity (Wildman–Crippen MR) is 120 cm³/mol. The molecule has 2 heterocycles. The Labute approximate surface area is 197 Å². The number of rotatable bonds is 7. The third-order valence-corrected chi connectivity index (χ3v) is 4.95. The van der Waals surface area contributed by atoms with E-state index in [-0.39, 0.29) is 22.4 Å². The van der Waals surface area contributed by atoms with Gasteiger partial charge in [0.15, 0.2) is 12.3 Å². The highest BCUT2D eigenvalue weighted by atomic mass is 19.4. The van der Waals surface area contributed by atoms with Gasteiger partial charge in [0.1, 0.15) is 11.6 Å². The molecular weight excluding hydrogens is 468 g/mol. The van der Waals surface area contributed by atoms with Gasteiger partial charge >= 0.3 is 6.18 Å². The lowest BCUT2D eigenvalue weighted by atomic mass is 10.1. The van der Waals surface area contributed by atoms with Gasteiger partial charge in [-0.1, -0.05) is 6.07 Å². The lowest BCUT2D eigenvalue weighted by Gasteiger charge is -2.12. The fourth-order valence-corrected chi connectivity index (χ4v) is 3.49. The molecule has 0 saturated heterocycles. The topological polar surface area (TPSA) is 78.3 Å². The number of carbonyl (C=O) groups excluding carboxylic acids is 1. The normalized spacial score (nSPS) is 11.5. The molecule has 2 aromatic carbocycles. The first kappa shape index (κ1) is 24.0. The molecule has 0 atom stereocenters. The molecular formula is C24H20F4N4O3. The number of aryl methyl sites for hydroxylation is 1. The van der Waals surface area contributed by atoms with Crippen LogP contribution < -0.4 is 14.8 Å². The van der Waals surface area contributed by atoms with Crippen LogP contribution in [0.2, 0.25) is 0 Å². The zero-order valence-electron chi connectivity index (χ0n) is 18.7. The van der Waals surface area contributed by atoms with Crippen molar-refractivity contribution in [3.63, 3.8) is 0 Å². The van der Waals surface area contributed by atoms with Crippen molar-refractivity contribution in [2.45, 2.75) is 20.0 Å². The maximum Gasteiger partial charge on any atom is 0.417 e. The largest absolute Gasteiger partial charge is 0.494 e. The number of fused-ring (bicyclic) bond motifs is 1. The van der Waals surface area contributed by atoms with Gasteiger partial charge in [-0.15, -0.1) is 0 Å². The van der Waals surface area contributed by atoms with E-state index >= 15 is 0 Å². The molecule has 0 unspecified atom stereocenters. The molecule has 0 spiro atoms. The van der Waals surface area contributed by atoms with E-state index in [0.29, 0.717) is 18.0 Å². The van der Waals surface area contributed by atoms with Crippen molar-refractivity contribution in [1.29, 1.82) is 0 Å². The summed E-state index contributed by atoms with van der Waals surface area (Å²) < 4.78 is 67.1. The number of hydrogen-bond donors (Lipinski definition) is 1. The second-order valence-corrected chi connectivity index (χ2v) is 7.48. The molecule has 0 aliphatic rings. The summed E-state index contributed by atoms with van der Waals surface area (Å²) >= 11 is 0. The number of benzene rings is 2. The van der Waals surface area contributed by atoms with Crippen LogP contribution >= 0.6 is 0 Å². The zero-order valence-corrected chi connectivity index (χ0v) is 18.7. The van der Waals surface area contributed by atoms with Gasteiger partial charge < -0.3 is 14.8 Å². The van der Waals surface area contributed by atoms with Crippen molar-refractivity contribution < 1.29 is 31.8 Å². The predicted octanol–water partition coefficient (Wildman–Crippen LogP) is 5.30. The smallest absolute Gasteiger partial charge is 0.417 e. The van der Waals surface area contributed by atoms with Crippen LogP contribution in [0.25, 0.3) is 16.7 Å². The maximum absolute atomic E-state index is 13.9. The minimum absolute atomic E-state index is 0.0591. The van der Waals surface area contributed by atoms with Crippen molar-refractivity contribution in [1.82, 2.24) is 14.8 Å². The highest BCUT2D eigenvalue weighted by Crippen LogP contribution is 2.38. The molecule has 182 valence electrons. The molecule has 0 fully saturated rings. The molecule has 35 heavy (non-hydrogen) atoms. The molecule has 1 amide bonds. The van der Waals surface area contributed by atoms with Crippen LogP contribution in [-0.4, -0.2) is 33.9 Å². The number of pyridine rings is 1. The maximum atomic E-state index is 13.9. The van der Waals surface area contributed by atoms with Crippen LogP contribution in [0.15, 0.2) is 54.6 Å². The van der Waals surface area contributed by atoms with Gasteiger partial charge in [-0.05, 0) is 56.3 Å². The molecule has 7 nitrogen and oxygen atoms in total. The molecule has 2 aromatic heterocycles. The number of amides is 1. The Bertz CT molecular complexity index is 1370. The molecule has 0 aliphatic carbocycles. The number of hydrogen-bond acceptors (Lipinski definition) is 5. The van der Waals surface area contributed by atoms with Gasteiger partial charge in [0, 0.05) is 11.8 Å². The van der Waals surface area contributed by atoms with E-state index in [1.807, 2.05) is 6.92 Å². The molecule has 4 aromatic rings. The van der Waals surface area contributed by atoms with Gasteiger partial charge in [-0.3, -0.25) is 4.79 Å². The van der Waals surface area contributed by atoms with Gasteiger partial charge in [0.05, 0.1) is 28.9 Å². The Kier molecular flexibility index (Phi) is 6.59. The summed E-state index contributed by atoms with van der Waals surface area (Å²) in [4.78, 5) is 16.4. The second-order valence-electron chi connectivity index (χ2n) is 7.48. The minimum atomic E-state index is -4.75. The van der Waals surface area contributed by atoms with Gasteiger partial charge in [0.2, 0.25) is 5.88 Å². The van der Waals surface area contributed by atoms with E-state index in [4.69, 9.17) is 9.47 Å². The molecule has 0 bridgehead atoms. The van der Waals surface area contributed by atoms with E-state index in [1.54, 1.807) is 24.3 Å². The Balaban J connectivity index is 1.62. The molecule has 4 rings (SSSR count). The molecule has 0 saturated carbocycles. The molecule has 0 radical (unpaired) electrons. The fraction of sp³-hybridized carbons (Fsp3) is 0.208. The van der Waals surface area contributed by atoms with Crippen molar-refractivity contribution in [2.24, 2.45) is 0 Å². The Hall–Kier alpha value is -4.15. The summed E-state index contributed by atoms with van der Waals surface area (Å²) in [6.45, 7) is 3.15. The third-order valence-electron chi connectivity index (χ3n) is 4.95. The molecule has 11 heteroatoms. The second kappa shape index (κ2) is 9.61. The van der Waals surface area contributed by atoms with Crippen molar-refractivity contribution in [3.8, 4) is 17.3 Å². The zero-order chi connectivity index (χ0) is 25.2. The monoisotopic (exact) mass is 488 g/mol. The number of carbonyl (C=O) groups is 1. The number of alkyl halides is 3.